The lowest BCUT2D eigenvalue weighted by Crippen LogP contribution is -2.55. The number of nitrogen functional groups attached to an aromatic ring is 1. The van der Waals surface area contributed by atoms with Crippen LogP contribution in [0, 0.1) is 6.92 Å². The molecule has 2 aliphatic rings. The van der Waals surface area contributed by atoms with Gasteiger partial charge < -0.3 is 19.9 Å². The molecule has 0 radical (unpaired) electrons. The first-order chi connectivity index (χ1) is 20.0. The number of hydrogen-bond donors (Lipinski definition) is 1. The topological polar surface area (TPSA) is 102 Å². The molecule has 0 atom stereocenters. The Hall–Kier alpha value is -4.50. The first kappa shape index (κ1) is 25.5. The third-order valence-electron chi connectivity index (χ3n) is 8.86. The Bertz CT molecular complexity index is 1750. The maximum Gasteiger partial charge on any atom is 0.409 e. The monoisotopic (exact) mass is 547 g/mol. The molecule has 7 rings (SSSR count). The number of aromatic nitrogens is 4. The van der Waals surface area contributed by atoms with Gasteiger partial charge in [0.15, 0.2) is 0 Å². The van der Waals surface area contributed by atoms with Crippen molar-refractivity contribution in [3.8, 4) is 22.4 Å². The molecule has 1 aliphatic carbocycles. The first-order valence-corrected chi connectivity index (χ1v) is 14.2. The minimum atomic E-state index is -0.241. The summed E-state index contributed by atoms with van der Waals surface area (Å²) in [5, 5.41) is 2.00. The highest BCUT2D eigenvalue weighted by atomic mass is 16.5. The summed E-state index contributed by atoms with van der Waals surface area (Å²) >= 11 is 0. The number of hydrogen-bond acceptors (Lipinski definition) is 7. The molecule has 4 heterocycles. The van der Waals surface area contributed by atoms with E-state index in [0.29, 0.717) is 31.0 Å². The van der Waals surface area contributed by atoms with Crippen LogP contribution < -0.4 is 5.73 Å². The number of amides is 1. The highest BCUT2D eigenvalue weighted by molar-refractivity contribution is 6.03. The number of ether oxygens (including phenoxy) is 1. The molecule has 0 unspecified atom stereocenters. The summed E-state index contributed by atoms with van der Waals surface area (Å²) in [5.74, 6) is 0.490. The number of benzene rings is 2. The minimum Gasteiger partial charge on any atom is -0.453 e. The fraction of sp³-hybridized carbons (Fsp3) is 0.312. The van der Waals surface area contributed by atoms with E-state index >= 15 is 0 Å². The van der Waals surface area contributed by atoms with Gasteiger partial charge in [0.25, 0.3) is 0 Å². The van der Waals surface area contributed by atoms with E-state index in [0.717, 1.165) is 75.8 Å². The maximum atomic E-state index is 11.9. The standard InChI is InChI=1S/C32H33N7O2/c1-20-25(10-8-22-9-11-27(36-29(20)22)21-6-4-3-5-7-21)26-18-39(31-28(26)30(33)34-19-35-31)24-16-23(17-24)37-12-14-38(15-13-37)32(40)41-2/h3-11,18-19,23-24H,12-17H2,1-2H3,(H2,33,34,35). The Morgan fingerprint density at radius 1 is 0.927 bits per heavy atom. The molecular weight excluding hydrogens is 514 g/mol. The predicted octanol–water partition coefficient (Wildman–Crippen LogP) is 5.29. The van der Waals surface area contributed by atoms with Crippen molar-refractivity contribution in [2.75, 3.05) is 39.0 Å². The average Bonchev–Trinajstić information content (AvgIpc) is 3.37. The molecule has 5 aromatic rings. The number of rotatable bonds is 4. The van der Waals surface area contributed by atoms with Crippen LogP contribution in [0.15, 0.2) is 67.1 Å². The number of aryl methyl sites for hydroxylation is 1. The van der Waals surface area contributed by atoms with Crippen LogP contribution >= 0.6 is 0 Å². The number of pyridine rings is 1. The van der Waals surface area contributed by atoms with Gasteiger partial charge in [-0.1, -0.05) is 48.5 Å². The van der Waals surface area contributed by atoms with E-state index in [9.17, 15) is 4.79 Å². The van der Waals surface area contributed by atoms with E-state index in [2.05, 4.69) is 64.0 Å². The van der Waals surface area contributed by atoms with Crippen molar-refractivity contribution >= 4 is 33.8 Å². The smallest absolute Gasteiger partial charge is 0.409 e. The number of fused-ring (bicyclic) bond motifs is 2. The van der Waals surface area contributed by atoms with Crippen molar-refractivity contribution in [3.05, 3.63) is 72.7 Å². The molecular formula is C32H33N7O2. The van der Waals surface area contributed by atoms with E-state index in [1.807, 2.05) is 18.2 Å². The Morgan fingerprint density at radius 2 is 1.68 bits per heavy atom. The number of nitrogens with zero attached hydrogens (tertiary/aromatic N) is 6. The summed E-state index contributed by atoms with van der Waals surface area (Å²) in [4.78, 5) is 30.3. The molecule has 1 saturated carbocycles. The van der Waals surface area contributed by atoms with Gasteiger partial charge in [0.2, 0.25) is 0 Å². The van der Waals surface area contributed by atoms with E-state index in [-0.39, 0.29) is 6.09 Å². The highest BCUT2D eigenvalue weighted by Crippen LogP contribution is 2.43. The summed E-state index contributed by atoms with van der Waals surface area (Å²) in [6.45, 7) is 5.28. The number of nitrogens with two attached hydrogens (primary N) is 1. The van der Waals surface area contributed by atoms with Crippen molar-refractivity contribution < 1.29 is 9.53 Å². The van der Waals surface area contributed by atoms with Gasteiger partial charge in [0.1, 0.15) is 17.8 Å². The van der Waals surface area contributed by atoms with E-state index in [4.69, 9.17) is 20.4 Å². The van der Waals surface area contributed by atoms with Crippen molar-refractivity contribution in [1.82, 2.24) is 29.3 Å². The number of anilines is 1. The molecule has 208 valence electrons. The molecule has 2 fully saturated rings. The number of carbonyl (C=O) groups is 1. The number of methoxy groups -OCH3 is 1. The Morgan fingerprint density at radius 3 is 2.44 bits per heavy atom. The second-order valence-corrected chi connectivity index (χ2v) is 11.1. The highest BCUT2D eigenvalue weighted by Gasteiger charge is 2.38. The predicted molar refractivity (Wildman–Crippen MR) is 160 cm³/mol. The fourth-order valence-electron chi connectivity index (χ4n) is 6.47. The van der Waals surface area contributed by atoms with Crippen LogP contribution in [0.5, 0.6) is 0 Å². The molecule has 1 aliphatic heterocycles. The van der Waals surface area contributed by atoms with Crippen LogP contribution in [0.2, 0.25) is 0 Å². The summed E-state index contributed by atoms with van der Waals surface area (Å²) < 4.78 is 7.18. The molecule has 0 spiro atoms. The SMILES string of the molecule is COC(=O)N1CCN(C2CC(n3cc(-c4ccc5ccc(-c6ccccc6)nc5c4C)c4c(N)ncnc43)C2)CC1. The van der Waals surface area contributed by atoms with Crippen molar-refractivity contribution in [1.29, 1.82) is 0 Å². The lowest BCUT2D eigenvalue weighted by Gasteiger charge is -2.46. The maximum absolute atomic E-state index is 11.9. The minimum absolute atomic E-state index is 0.241. The van der Waals surface area contributed by atoms with Crippen LogP contribution in [-0.2, 0) is 4.74 Å². The van der Waals surface area contributed by atoms with Gasteiger partial charge in [-0.15, -0.1) is 0 Å². The zero-order chi connectivity index (χ0) is 28.1. The number of carbonyl (C=O) groups excluding carboxylic acids is 1. The van der Waals surface area contributed by atoms with Gasteiger partial charge >= 0.3 is 6.09 Å². The fourth-order valence-corrected chi connectivity index (χ4v) is 6.47. The Balaban J connectivity index is 1.20. The lowest BCUT2D eigenvalue weighted by molar-refractivity contribution is 0.0347. The third kappa shape index (κ3) is 4.37. The van der Waals surface area contributed by atoms with Gasteiger partial charge in [0, 0.05) is 61.0 Å². The Labute approximate surface area is 238 Å². The quantitative estimate of drug-likeness (QED) is 0.326. The summed E-state index contributed by atoms with van der Waals surface area (Å²) in [6.07, 6.45) is 5.59. The molecule has 9 heteroatoms. The Kier molecular flexibility index (Phi) is 6.31. The number of piperazine rings is 1. The van der Waals surface area contributed by atoms with Crippen molar-refractivity contribution in [2.24, 2.45) is 0 Å². The summed E-state index contributed by atoms with van der Waals surface area (Å²) in [6, 6.07) is 19.6. The second kappa shape index (κ2) is 10.2. The second-order valence-electron chi connectivity index (χ2n) is 11.1. The third-order valence-corrected chi connectivity index (χ3v) is 8.86. The molecule has 0 bridgehead atoms. The van der Waals surface area contributed by atoms with Crippen LogP contribution in [0.3, 0.4) is 0 Å². The molecule has 1 saturated heterocycles. The van der Waals surface area contributed by atoms with Gasteiger partial charge in [-0.2, -0.15) is 0 Å². The van der Waals surface area contributed by atoms with Crippen molar-refractivity contribution in [3.63, 3.8) is 0 Å². The van der Waals surface area contributed by atoms with Gasteiger partial charge in [-0.05, 0) is 37.0 Å². The molecule has 9 nitrogen and oxygen atoms in total. The van der Waals surface area contributed by atoms with Crippen LogP contribution in [-0.4, -0.2) is 74.7 Å². The summed E-state index contributed by atoms with van der Waals surface area (Å²) in [7, 11) is 1.44. The van der Waals surface area contributed by atoms with Crippen LogP contribution in [0.25, 0.3) is 44.3 Å². The molecule has 2 N–H and O–H groups in total. The van der Waals surface area contributed by atoms with E-state index < -0.39 is 0 Å². The largest absolute Gasteiger partial charge is 0.453 e. The van der Waals surface area contributed by atoms with Gasteiger partial charge in [0.05, 0.1) is 23.7 Å². The molecule has 3 aromatic heterocycles. The summed E-state index contributed by atoms with van der Waals surface area (Å²) in [5.41, 5.74) is 13.6. The van der Waals surface area contributed by atoms with Gasteiger partial charge in [-0.25, -0.2) is 19.7 Å². The lowest BCUT2D eigenvalue weighted by atomic mass is 9.85. The molecule has 2 aromatic carbocycles. The van der Waals surface area contributed by atoms with Gasteiger partial charge in [-0.3, -0.25) is 4.90 Å². The molecule has 1 amide bonds. The zero-order valence-electron chi connectivity index (χ0n) is 23.3. The normalized spacial score (nSPS) is 19.4. The van der Waals surface area contributed by atoms with E-state index in [1.165, 1.54) is 7.11 Å². The average molecular weight is 548 g/mol. The van der Waals surface area contributed by atoms with Crippen LogP contribution in [0.1, 0.15) is 24.4 Å². The van der Waals surface area contributed by atoms with Crippen LogP contribution in [0.4, 0.5) is 10.6 Å². The first-order valence-electron chi connectivity index (χ1n) is 14.2. The molecule has 41 heavy (non-hydrogen) atoms. The van der Waals surface area contributed by atoms with E-state index in [1.54, 1.807) is 11.2 Å². The van der Waals surface area contributed by atoms with Crippen molar-refractivity contribution in [2.45, 2.75) is 31.8 Å². The zero-order valence-corrected chi connectivity index (χ0v) is 23.3.